The maximum atomic E-state index is 3.74. The van der Waals surface area contributed by atoms with Crippen molar-refractivity contribution >= 4 is 45.5 Å². The fraction of sp³-hybridized carbons (Fsp3) is 0.100. The van der Waals surface area contributed by atoms with Gasteiger partial charge in [-0.15, -0.1) is 0 Å². The average molecular weight is 470 g/mol. The molecule has 0 amide bonds. The summed E-state index contributed by atoms with van der Waals surface area (Å²) in [7, 11) is 0. The quantitative estimate of drug-likeness (QED) is 0.520. The van der Waals surface area contributed by atoms with Crippen LogP contribution in [-0.4, -0.2) is 27.3 Å². The van der Waals surface area contributed by atoms with Crippen molar-refractivity contribution in [3.05, 3.63) is 90.5 Å². The molecule has 0 aliphatic carbocycles. The molecule has 2 aromatic rings. The summed E-state index contributed by atoms with van der Waals surface area (Å²) in [5, 5.41) is 0. The summed E-state index contributed by atoms with van der Waals surface area (Å²) in [4.78, 5) is 0. The van der Waals surface area contributed by atoms with Gasteiger partial charge in [0.1, 0.15) is 0 Å². The van der Waals surface area contributed by atoms with E-state index in [2.05, 4.69) is 44.9 Å². The van der Waals surface area contributed by atoms with Gasteiger partial charge in [0.05, 0.1) is 0 Å². The van der Waals surface area contributed by atoms with Gasteiger partial charge in [-0.3, -0.25) is 0 Å². The van der Waals surface area contributed by atoms with Crippen LogP contribution in [0.1, 0.15) is 29.2 Å². The summed E-state index contributed by atoms with van der Waals surface area (Å²) in [5.74, 6) is 0. The Kier molecular flexibility index (Phi) is 10.5. The molecule has 21 heavy (non-hydrogen) atoms. The summed E-state index contributed by atoms with van der Waals surface area (Å²) in [6.07, 6.45) is 6.65. The Labute approximate surface area is 149 Å². The van der Waals surface area contributed by atoms with Gasteiger partial charge in [-0.1, -0.05) is 93.4 Å². The summed E-state index contributed by atoms with van der Waals surface area (Å²) in [5.41, 5.74) is 4.90. The van der Waals surface area contributed by atoms with E-state index in [9.17, 15) is 0 Å². The monoisotopic (exact) mass is 470 g/mol. The molecule has 0 bridgehead atoms. The Bertz CT molecular complexity index is 555. The van der Waals surface area contributed by atoms with Crippen molar-refractivity contribution in [3.63, 3.8) is 0 Å². The molecule has 2 rings (SSSR count). The SMILES string of the molecule is C=Cc1ccccc1C=C.C=Cc1ccccc1CC.[Pb]. The van der Waals surface area contributed by atoms with Gasteiger partial charge >= 0.3 is 0 Å². The summed E-state index contributed by atoms with van der Waals surface area (Å²) in [6, 6.07) is 16.3. The molecule has 0 heterocycles. The number of hydrogen-bond donors (Lipinski definition) is 0. The van der Waals surface area contributed by atoms with Crippen LogP contribution in [-0.2, 0) is 6.42 Å². The molecule has 0 unspecified atom stereocenters. The zero-order valence-corrected chi connectivity index (χ0v) is 16.6. The van der Waals surface area contributed by atoms with Crippen LogP contribution in [0.2, 0.25) is 0 Å². The maximum absolute atomic E-state index is 3.74. The van der Waals surface area contributed by atoms with Crippen molar-refractivity contribution in [1.82, 2.24) is 0 Å². The van der Waals surface area contributed by atoms with Crippen LogP contribution in [0.4, 0.5) is 0 Å². The Balaban J connectivity index is 0.000000364. The topological polar surface area (TPSA) is 0 Å². The number of benzene rings is 2. The third-order valence-corrected chi connectivity index (χ3v) is 3.09. The van der Waals surface area contributed by atoms with Gasteiger partial charge in [0, 0.05) is 27.3 Å². The molecule has 4 radical (unpaired) electrons. The molecule has 106 valence electrons. The second kappa shape index (κ2) is 11.3. The fourth-order valence-corrected chi connectivity index (χ4v) is 1.94. The van der Waals surface area contributed by atoms with Crippen LogP contribution in [0.3, 0.4) is 0 Å². The van der Waals surface area contributed by atoms with E-state index in [-0.39, 0.29) is 27.3 Å². The van der Waals surface area contributed by atoms with Gasteiger partial charge in [-0.05, 0) is 28.7 Å². The maximum Gasteiger partial charge on any atom is 0 e. The van der Waals surface area contributed by atoms with Crippen LogP contribution in [0.25, 0.3) is 18.2 Å². The molecule has 0 nitrogen and oxygen atoms in total. The number of aryl methyl sites for hydroxylation is 1. The second-order valence-corrected chi connectivity index (χ2v) is 4.29. The third kappa shape index (κ3) is 6.25. The second-order valence-electron chi connectivity index (χ2n) is 4.29. The van der Waals surface area contributed by atoms with Crippen LogP contribution in [0.5, 0.6) is 0 Å². The van der Waals surface area contributed by atoms with Gasteiger partial charge < -0.3 is 0 Å². The standard InChI is InChI=1S/C10H12.C10H10.Pb/c2*1-3-9-7-5-6-8-10(9)4-2;/h3,5-8H,1,4H2,2H3;3-8H,1-2H2;. The van der Waals surface area contributed by atoms with Crippen LogP contribution < -0.4 is 0 Å². The predicted octanol–water partition coefficient (Wildman–Crippen LogP) is 5.48. The van der Waals surface area contributed by atoms with Crippen molar-refractivity contribution in [2.75, 3.05) is 0 Å². The van der Waals surface area contributed by atoms with E-state index in [0.717, 1.165) is 17.5 Å². The third-order valence-electron chi connectivity index (χ3n) is 3.09. The van der Waals surface area contributed by atoms with Crippen molar-refractivity contribution in [1.29, 1.82) is 0 Å². The van der Waals surface area contributed by atoms with Crippen LogP contribution >= 0.6 is 0 Å². The molecule has 0 N–H and O–H groups in total. The van der Waals surface area contributed by atoms with E-state index < -0.39 is 0 Å². The first kappa shape index (κ1) is 19.6. The number of hydrogen-bond acceptors (Lipinski definition) is 0. The molecule has 0 atom stereocenters. The molecule has 0 aromatic heterocycles. The summed E-state index contributed by atoms with van der Waals surface area (Å²) < 4.78 is 0. The minimum absolute atomic E-state index is 0. The molecule has 0 spiro atoms. The molecular weight excluding hydrogens is 447 g/mol. The molecule has 0 fully saturated rings. The van der Waals surface area contributed by atoms with Crippen molar-refractivity contribution in [3.8, 4) is 0 Å². The largest absolute Gasteiger partial charge is 0.0985 e. The van der Waals surface area contributed by atoms with E-state index in [4.69, 9.17) is 0 Å². The van der Waals surface area contributed by atoms with Gasteiger partial charge in [-0.25, -0.2) is 0 Å². The Hall–Kier alpha value is -1.42. The number of rotatable bonds is 4. The predicted molar refractivity (Wildman–Crippen MR) is 98.3 cm³/mol. The molecular formula is C20H22Pb. The van der Waals surface area contributed by atoms with E-state index in [1.807, 2.05) is 48.6 Å². The molecule has 1 heteroatoms. The van der Waals surface area contributed by atoms with Crippen molar-refractivity contribution in [2.45, 2.75) is 13.3 Å². The molecule has 0 saturated carbocycles. The van der Waals surface area contributed by atoms with Crippen LogP contribution in [0, 0.1) is 0 Å². The Morgan fingerprint density at radius 1 is 0.714 bits per heavy atom. The van der Waals surface area contributed by atoms with Gasteiger partial charge in [0.25, 0.3) is 0 Å². The zero-order chi connectivity index (χ0) is 14.8. The first-order chi connectivity index (χ1) is 9.76. The summed E-state index contributed by atoms with van der Waals surface area (Å²) >= 11 is 0. The fourth-order valence-electron chi connectivity index (χ4n) is 1.94. The molecule has 0 aliphatic heterocycles. The van der Waals surface area contributed by atoms with E-state index >= 15 is 0 Å². The van der Waals surface area contributed by atoms with E-state index in [1.165, 1.54) is 11.1 Å². The smallest absolute Gasteiger partial charge is 0 e. The normalized spacial score (nSPS) is 8.62. The Morgan fingerprint density at radius 3 is 1.43 bits per heavy atom. The van der Waals surface area contributed by atoms with Gasteiger partial charge in [0.2, 0.25) is 0 Å². The minimum Gasteiger partial charge on any atom is -0.0985 e. The molecule has 0 aliphatic rings. The summed E-state index contributed by atoms with van der Waals surface area (Å²) in [6.45, 7) is 13.3. The first-order valence-electron chi connectivity index (χ1n) is 6.81. The van der Waals surface area contributed by atoms with E-state index in [0.29, 0.717) is 0 Å². The van der Waals surface area contributed by atoms with Gasteiger partial charge in [-0.2, -0.15) is 0 Å². The molecule has 2 aromatic carbocycles. The van der Waals surface area contributed by atoms with E-state index in [1.54, 1.807) is 0 Å². The Morgan fingerprint density at radius 2 is 1.10 bits per heavy atom. The first-order valence-corrected chi connectivity index (χ1v) is 6.81. The average Bonchev–Trinajstić information content (AvgIpc) is 2.55. The van der Waals surface area contributed by atoms with Crippen molar-refractivity contribution < 1.29 is 0 Å². The van der Waals surface area contributed by atoms with Crippen molar-refractivity contribution in [2.24, 2.45) is 0 Å². The van der Waals surface area contributed by atoms with Gasteiger partial charge in [0.15, 0.2) is 0 Å². The zero-order valence-electron chi connectivity index (χ0n) is 12.7. The molecule has 0 saturated heterocycles. The minimum atomic E-state index is 0. The van der Waals surface area contributed by atoms with Crippen LogP contribution in [0.15, 0.2) is 68.3 Å².